The zero-order valence-electron chi connectivity index (χ0n) is 11.1. The minimum absolute atomic E-state index is 0.310. The molecule has 104 valence electrons. The van der Waals surface area contributed by atoms with E-state index in [1.54, 1.807) is 31.4 Å². The van der Waals surface area contributed by atoms with Gasteiger partial charge in [0.05, 0.1) is 12.7 Å². The van der Waals surface area contributed by atoms with Gasteiger partial charge in [-0.25, -0.2) is 0 Å². The first kappa shape index (κ1) is 14.3. The first-order valence-corrected chi connectivity index (χ1v) is 6.67. The van der Waals surface area contributed by atoms with E-state index in [1.165, 1.54) is 6.20 Å². The van der Waals surface area contributed by atoms with Crippen molar-refractivity contribution in [2.45, 2.75) is 6.92 Å². The third kappa shape index (κ3) is 3.27. The van der Waals surface area contributed by atoms with E-state index in [9.17, 15) is 4.79 Å². The largest absolute Gasteiger partial charge is 0.497 e. The van der Waals surface area contributed by atoms with E-state index in [-0.39, 0.29) is 5.91 Å². The van der Waals surface area contributed by atoms with Gasteiger partial charge in [-0.1, -0.05) is 15.9 Å². The van der Waals surface area contributed by atoms with Crippen molar-refractivity contribution in [2.75, 3.05) is 18.2 Å². The molecule has 3 N–H and O–H groups in total. The van der Waals surface area contributed by atoms with E-state index in [0.29, 0.717) is 22.7 Å². The van der Waals surface area contributed by atoms with Crippen LogP contribution in [-0.4, -0.2) is 18.0 Å². The lowest BCUT2D eigenvalue weighted by molar-refractivity contribution is 0.102. The maximum absolute atomic E-state index is 12.2. The van der Waals surface area contributed by atoms with Gasteiger partial charge >= 0.3 is 0 Å². The number of amides is 1. The number of nitrogens with zero attached hydrogens (tertiary/aromatic N) is 1. The summed E-state index contributed by atoms with van der Waals surface area (Å²) in [6.45, 7) is 1.82. The number of aromatic nitrogens is 1. The third-order valence-corrected chi connectivity index (χ3v) is 3.14. The van der Waals surface area contributed by atoms with Crippen molar-refractivity contribution in [3.05, 3.63) is 46.2 Å². The van der Waals surface area contributed by atoms with Crippen LogP contribution in [0.25, 0.3) is 0 Å². The van der Waals surface area contributed by atoms with Crippen LogP contribution in [0.5, 0.6) is 5.75 Å². The molecule has 1 aromatic carbocycles. The highest BCUT2D eigenvalue weighted by molar-refractivity contribution is 9.10. The van der Waals surface area contributed by atoms with Gasteiger partial charge in [-0.15, -0.1) is 0 Å². The minimum Gasteiger partial charge on any atom is -0.497 e. The summed E-state index contributed by atoms with van der Waals surface area (Å²) in [7, 11) is 1.56. The molecule has 0 saturated carbocycles. The Kier molecular flexibility index (Phi) is 4.24. The van der Waals surface area contributed by atoms with Crippen molar-refractivity contribution < 1.29 is 9.53 Å². The maximum atomic E-state index is 12.2. The Bertz CT molecular complexity index is 659. The fourth-order valence-corrected chi connectivity index (χ4v) is 2.19. The predicted octanol–water partition coefficient (Wildman–Crippen LogP) is 3.00. The van der Waals surface area contributed by atoms with Crippen LogP contribution in [0, 0.1) is 6.92 Å². The fraction of sp³-hybridized carbons (Fsp3) is 0.143. The highest BCUT2D eigenvalue weighted by atomic mass is 79.9. The molecule has 0 aliphatic heterocycles. The number of nitrogens with two attached hydrogens (primary N) is 1. The van der Waals surface area contributed by atoms with Crippen molar-refractivity contribution in [3.8, 4) is 5.75 Å². The average Bonchev–Trinajstić information content (AvgIpc) is 2.37. The van der Waals surface area contributed by atoms with E-state index in [4.69, 9.17) is 10.5 Å². The van der Waals surface area contributed by atoms with Gasteiger partial charge in [-0.3, -0.25) is 9.78 Å². The van der Waals surface area contributed by atoms with Crippen LogP contribution in [0.4, 0.5) is 11.4 Å². The average molecular weight is 336 g/mol. The number of nitrogen functional groups attached to an aromatic ring is 1. The molecule has 0 spiro atoms. The van der Waals surface area contributed by atoms with Crippen LogP contribution in [0.3, 0.4) is 0 Å². The summed E-state index contributed by atoms with van der Waals surface area (Å²) < 4.78 is 5.95. The first-order valence-electron chi connectivity index (χ1n) is 5.87. The number of carbonyl (C=O) groups excluding carboxylic acids is 1. The number of anilines is 2. The molecule has 2 aromatic rings. The molecule has 6 heteroatoms. The molecule has 2 rings (SSSR count). The van der Waals surface area contributed by atoms with Gasteiger partial charge in [0.1, 0.15) is 5.75 Å². The Morgan fingerprint density at radius 1 is 1.35 bits per heavy atom. The summed E-state index contributed by atoms with van der Waals surface area (Å²) in [6, 6.07) is 6.96. The highest BCUT2D eigenvalue weighted by Gasteiger charge is 2.11. The van der Waals surface area contributed by atoms with Gasteiger partial charge in [0.2, 0.25) is 0 Å². The molecule has 0 radical (unpaired) electrons. The van der Waals surface area contributed by atoms with Crippen LogP contribution in [0.2, 0.25) is 0 Å². The molecule has 0 aliphatic carbocycles. The van der Waals surface area contributed by atoms with E-state index >= 15 is 0 Å². The van der Waals surface area contributed by atoms with Gasteiger partial charge in [0, 0.05) is 33.8 Å². The summed E-state index contributed by atoms with van der Waals surface area (Å²) in [5.74, 6) is 0.333. The van der Waals surface area contributed by atoms with Crippen molar-refractivity contribution in [3.63, 3.8) is 0 Å². The molecule has 0 bridgehead atoms. The molecule has 0 saturated heterocycles. The zero-order chi connectivity index (χ0) is 14.7. The number of halogens is 1. The topological polar surface area (TPSA) is 77.2 Å². The van der Waals surface area contributed by atoms with E-state index in [2.05, 4.69) is 26.2 Å². The Hall–Kier alpha value is -2.08. The number of carbonyl (C=O) groups is 1. The predicted molar refractivity (Wildman–Crippen MR) is 82.0 cm³/mol. The smallest absolute Gasteiger partial charge is 0.259 e. The lowest BCUT2D eigenvalue weighted by Gasteiger charge is -2.09. The van der Waals surface area contributed by atoms with Gasteiger partial charge in [-0.2, -0.15) is 0 Å². The Morgan fingerprint density at radius 3 is 2.75 bits per heavy atom. The first-order chi connectivity index (χ1) is 9.49. The molecular formula is C14H14BrN3O2. The molecule has 1 aromatic heterocycles. The molecule has 0 aliphatic rings. The maximum Gasteiger partial charge on any atom is 0.259 e. The Labute approximate surface area is 125 Å². The van der Waals surface area contributed by atoms with Crippen LogP contribution >= 0.6 is 15.9 Å². The second-order valence-corrected chi connectivity index (χ2v) is 5.16. The van der Waals surface area contributed by atoms with E-state index in [0.717, 1.165) is 10.2 Å². The molecule has 20 heavy (non-hydrogen) atoms. The Balaban J connectivity index is 2.25. The molecule has 1 amide bonds. The Morgan fingerprint density at radius 2 is 2.10 bits per heavy atom. The van der Waals surface area contributed by atoms with Gasteiger partial charge in [-0.05, 0) is 25.1 Å². The van der Waals surface area contributed by atoms with Crippen LogP contribution in [-0.2, 0) is 0 Å². The van der Waals surface area contributed by atoms with Gasteiger partial charge < -0.3 is 15.8 Å². The number of hydrogen-bond acceptors (Lipinski definition) is 4. The molecule has 0 unspecified atom stereocenters. The molecule has 0 fully saturated rings. The minimum atomic E-state index is -0.310. The van der Waals surface area contributed by atoms with Crippen molar-refractivity contribution in [2.24, 2.45) is 0 Å². The number of ether oxygens (including phenoxy) is 1. The standard InChI is InChI=1S/C14H14BrN3O2/c1-8-3-13(16)12(7-17-8)14(19)18-10-4-9(15)5-11(6-10)20-2/h3-7H,1-2H3,(H2,16,17)(H,18,19). The number of methoxy groups -OCH3 is 1. The highest BCUT2D eigenvalue weighted by Crippen LogP contribution is 2.25. The number of rotatable bonds is 3. The quantitative estimate of drug-likeness (QED) is 0.903. The fourth-order valence-electron chi connectivity index (χ4n) is 1.72. The number of hydrogen-bond donors (Lipinski definition) is 2. The number of nitrogens with one attached hydrogen (secondary N) is 1. The van der Waals surface area contributed by atoms with Crippen LogP contribution in [0.15, 0.2) is 34.9 Å². The van der Waals surface area contributed by atoms with Crippen LogP contribution in [0.1, 0.15) is 16.1 Å². The molecular weight excluding hydrogens is 322 g/mol. The summed E-state index contributed by atoms with van der Waals surface area (Å²) in [5.41, 5.74) is 7.95. The summed E-state index contributed by atoms with van der Waals surface area (Å²) in [6.07, 6.45) is 1.47. The molecule has 1 heterocycles. The summed E-state index contributed by atoms with van der Waals surface area (Å²) in [4.78, 5) is 16.2. The van der Waals surface area contributed by atoms with Gasteiger partial charge in [0.15, 0.2) is 0 Å². The number of pyridine rings is 1. The summed E-state index contributed by atoms with van der Waals surface area (Å²) >= 11 is 3.36. The number of benzene rings is 1. The second kappa shape index (κ2) is 5.92. The van der Waals surface area contributed by atoms with Crippen LogP contribution < -0.4 is 15.8 Å². The van der Waals surface area contributed by atoms with Crippen molar-refractivity contribution >= 4 is 33.2 Å². The summed E-state index contributed by atoms with van der Waals surface area (Å²) in [5, 5.41) is 2.77. The normalized spacial score (nSPS) is 10.2. The van der Waals surface area contributed by atoms with Crippen molar-refractivity contribution in [1.29, 1.82) is 0 Å². The molecule has 0 atom stereocenters. The van der Waals surface area contributed by atoms with E-state index in [1.807, 2.05) is 6.92 Å². The van der Waals surface area contributed by atoms with E-state index < -0.39 is 0 Å². The van der Waals surface area contributed by atoms with Gasteiger partial charge in [0.25, 0.3) is 5.91 Å². The monoisotopic (exact) mass is 335 g/mol. The lowest BCUT2D eigenvalue weighted by Crippen LogP contribution is -2.14. The lowest BCUT2D eigenvalue weighted by atomic mass is 10.2. The second-order valence-electron chi connectivity index (χ2n) is 4.25. The molecule has 5 nitrogen and oxygen atoms in total. The third-order valence-electron chi connectivity index (χ3n) is 2.68. The zero-order valence-corrected chi connectivity index (χ0v) is 12.7. The number of aryl methyl sites for hydroxylation is 1. The SMILES string of the molecule is COc1cc(Br)cc(NC(=O)c2cnc(C)cc2N)c1. The van der Waals surface area contributed by atoms with Crippen molar-refractivity contribution in [1.82, 2.24) is 4.98 Å².